The second-order valence-electron chi connectivity index (χ2n) is 8.29. The first-order chi connectivity index (χ1) is 16.3. The van der Waals surface area contributed by atoms with Crippen LogP contribution in [-0.2, 0) is 14.3 Å². The van der Waals surface area contributed by atoms with Gasteiger partial charge in [0.15, 0.2) is 12.4 Å². The van der Waals surface area contributed by atoms with Crippen LogP contribution in [0.4, 0.5) is 10.1 Å². The molecular formula is C27H24FNO5. The van der Waals surface area contributed by atoms with Crippen LogP contribution in [0.15, 0.2) is 66.7 Å². The zero-order chi connectivity index (χ0) is 24.2. The average molecular weight is 461 g/mol. The number of amides is 1. The van der Waals surface area contributed by atoms with Gasteiger partial charge in [0.25, 0.3) is 0 Å². The maximum atomic E-state index is 13.0. The molecule has 0 saturated carbocycles. The van der Waals surface area contributed by atoms with Crippen LogP contribution in [0.2, 0.25) is 0 Å². The van der Waals surface area contributed by atoms with E-state index in [-0.39, 0.29) is 24.4 Å². The fraction of sp³-hybridized carbons (Fsp3) is 0.222. The second-order valence-corrected chi connectivity index (χ2v) is 8.29. The molecule has 1 aliphatic heterocycles. The second kappa shape index (κ2) is 9.87. The Morgan fingerprint density at radius 2 is 1.62 bits per heavy atom. The maximum Gasteiger partial charge on any atom is 0.311 e. The van der Waals surface area contributed by atoms with E-state index < -0.39 is 30.1 Å². The number of hydrogen-bond donors (Lipinski definition) is 0. The van der Waals surface area contributed by atoms with Crippen LogP contribution < -0.4 is 9.64 Å². The highest BCUT2D eigenvalue weighted by Gasteiger charge is 2.36. The summed E-state index contributed by atoms with van der Waals surface area (Å²) < 4.78 is 24.0. The van der Waals surface area contributed by atoms with Crippen molar-refractivity contribution in [1.82, 2.24) is 0 Å². The van der Waals surface area contributed by atoms with Crippen LogP contribution in [0.25, 0.3) is 0 Å². The Morgan fingerprint density at radius 3 is 2.29 bits per heavy atom. The molecule has 1 aliphatic rings. The molecule has 0 bridgehead atoms. The Balaban J connectivity index is 1.33. The van der Waals surface area contributed by atoms with Crippen LogP contribution in [0.3, 0.4) is 0 Å². The molecule has 1 fully saturated rings. The molecule has 174 valence electrons. The number of esters is 1. The Labute approximate surface area is 196 Å². The number of nitrogens with zero attached hydrogens (tertiary/aromatic N) is 1. The third-order valence-corrected chi connectivity index (χ3v) is 5.83. The number of hydrogen-bond acceptors (Lipinski definition) is 5. The van der Waals surface area contributed by atoms with Crippen molar-refractivity contribution in [2.75, 3.05) is 18.1 Å². The molecule has 1 heterocycles. The molecule has 6 nitrogen and oxygen atoms in total. The summed E-state index contributed by atoms with van der Waals surface area (Å²) in [7, 11) is 0. The molecule has 1 amide bonds. The molecular weight excluding hydrogens is 437 g/mol. The van der Waals surface area contributed by atoms with E-state index in [1.807, 2.05) is 32.0 Å². The summed E-state index contributed by atoms with van der Waals surface area (Å²) in [5, 5.41) is 0. The molecule has 0 unspecified atom stereocenters. The van der Waals surface area contributed by atoms with E-state index in [1.165, 1.54) is 34.7 Å². The zero-order valence-electron chi connectivity index (χ0n) is 18.9. The number of carbonyl (C=O) groups excluding carboxylic acids is 3. The van der Waals surface area contributed by atoms with E-state index in [1.54, 1.807) is 24.3 Å². The van der Waals surface area contributed by atoms with Crippen molar-refractivity contribution in [2.24, 2.45) is 5.92 Å². The number of halogens is 1. The minimum absolute atomic E-state index is 0.00443. The SMILES string of the molecule is Cc1ccc(Oc2ccc(N3C[C@H](C(=O)OCC(=O)c4ccc(F)cc4)CC3=O)cc2)cc1C. The van der Waals surface area contributed by atoms with Gasteiger partial charge in [-0.15, -0.1) is 0 Å². The molecule has 1 saturated heterocycles. The Hall–Kier alpha value is -4.00. The van der Waals surface area contributed by atoms with Gasteiger partial charge < -0.3 is 14.4 Å². The monoisotopic (exact) mass is 461 g/mol. The van der Waals surface area contributed by atoms with E-state index >= 15 is 0 Å². The topological polar surface area (TPSA) is 72.9 Å². The molecule has 0 radical (unpaired) electrons. The van der Waals surface area contributed by atoms with Crippen LogP contribution in [0.1, 0.15) is 27.9 Å². The first-order valence-corrected chi connectivity index (χ1v) is 10.9. The van der Waals surface area contributed by atoms with Gasteiger partial charge in [0, 0.05) is 24.2 Å². The summed E-state index contributed by atoms with van der Waals surface area (Å²) >= 11 is 0. The van der Waals surface area contributed by atoms with Crippen molar-refractivity contribution in [1.29, 1.82) is 0 Å². The molecule has 0 aliphatic carbocycles. The van der Waals surface area contributed by atoms with Crippen molar-refractivity contribution >= 4 is 23.3 Å². The number of carbonyl (C=O) groups is 3. The average Bonchev–Trinajstić information content (AvgIpc) is 3.22. The lowest BCUT2D eigenvalue weighted by Gasteiger charge is -2.17. The predicted octanol–water partition coefficient (Wildman–Crippen LogP) is 5.01. The van der Waals surface area contributed by atoms with Gasteiger partial charge in [-0.1, -0.05) is 6.07 Å². The summed E-state index contributed by atoms with van der Waals surface area (Å²) in [6.07, 6.45) is 0.00443. The van der Waals surface area contributed by atoms with Gasteiger partial charge in [-0.3, -0.25) is 14.4 Å². The number of aryl methyl sites for hydroxylation is 2. The van der Waals surface area contributed by atoms with Crippen LogP contribution >= 0.6 is 0 Å². The van der Waals surface area contributed by atoms with E-state index in [0.29, 0.717) is 11.4 Å². The number of Topliss-reactive ketones (excluding diaryl/α,β-unsaturated/α-hetero) is 1. The van der Waals surface area contributed by atoms with E-state index in [2.05, 4.69) is 0 Å². The normalized spacial score (nSPS) is 15.3. The van der Waals surface area contributed by atoms with Crippen molar-refractivity contribution in [3.05, 3.63) is 89.2 Å². The predicted molar refractivity (Wildman–Crippen MR) is 125 cm³/mol. The number of rotatable bonds is 7. The molecule has 7 heteroatoms. The summed E-state index contributed by atoms with van der Waals surface area (Å²) in [5.41, 5.74) is 3.22. The lowest BCUT2D eigenvalue weighted by molar-refractivity contribution is -0.147. The lowest BCUT2D eigenvalue weighted by atomic mass is 10.1. The van der Waals surface area contributed by atoms with Gasteiger partial charge in [0.1, 0.15) is 17.3 Å². The van der Waals surface area contributed by atoms with E-state index in [0.717, 1.165) is 11.3 Å². The van der Waals surface area contributed by atoms with Gasteiger partial charge in [0.05, 0.1) is 5.92 Å². The Kier molecular flexibility index (Phi) is 6.72. The first-order valence-electron chi connectivity index (χ1n) is 10.9. The number of benzene rings is 3. The fourth-order valence-electron chi connectivity index (χ4n) is 3.70. The highest BCUT2D eigenvalue weighted by atomic mass is 19.1. The van der Waals surface area contributed by atoms with E-state index in [9.17, 15) is 18.8 Å². The van der Waals surface area contributed by atoms with Crippen molar-refractivity contribution in [3.63, 3.8) is 0 Å². The van der Waals surface area contributed by atoms with Gasteiger partial charge in [-0.25, -0.2) is 4.39 Å². The summed E-state index contributed by atoms with van der Waals surface area (Å²) in [6.45, 7) is 3.76. The molecule has 4 rings (SSSR count). The van der Waals surface area contributed by atoms with Crippen molar-refractivity contribution < 1.29 is 28.2 Å². The molecule has 1 atom stereocenters. The minimum Gasteiger partial charge on any atom is -0.457 e. The molecule has 0 N–H and O–H groups in total. The largest absolute Gasteiger partial charge is 0.457 e. The van der Waals surface area contributed by atoms with Gasteiger partial charge in [-0.05, 0) is 85.6 Å². The Bertz CT molecular complexity index is 1220. The quantitative estimate of drug-likeness (QED) is 0.365. The molecule has 34 heavy (non-hydrogen) atoms. The smallest absolute Gasteiger partial charge is 0.311 e. The van der Waals surface area contributed by atoms with Crippen molar-refractivity contribution in [2.45, 2.75) is 20.3 Å². The Morgan fingerprint density at radius 1 is 0.941 bits per heavy atom. The maximum absolute atomic E-state index is 13.0. The standard InChI is InChI=1S/C27H24FNO5/c1-17-3-10-24(13-18(17)2)34-23-11-8-22(9-12-23)29-15-20(14-26(29)31)27(32)33-16-25(30)19-4-6-21(28)7-5-19/h3-13,20H,14-16H2,1-2H3/t20-/m1/s1. The van der Waals surface area contributed by atoms with Gasteiger partial charge >= 0.3 is 5.97 Å². The van der Waals surface area contributed by atoms with Gasteiger partial charge in [0.2, 0.25) is 5.91 Å². The molecule has 0 aromatic heterocycles. The lowest BCUT2D eigenvalue weighted by Crippen LogP contribution is -2.27. The molecule has 3 aromatic carbocycles. The van der Waals surface area contributed by atoms with Crippen LogP contribution in [0.5, 0.6) is 11.5 Å². The summed E-state index contributed by atoms with van der Waals surface area (Å²) in [6, 6.07) is 17.9. The number of ether oxygens (including phenoxy) is 2. The van der Waals surface area contributed by atoms with Crippen LogP contribution in [-0.4, -0.2) is 30.8 Å². The summed E-state index contributed by atoms with van der Waals surface area (Å²) in [4.78, 5) is 38.6. The fourth-order valence-corrected chi connectivity index (χ4v) is 3.70. The highest BCUT2D eigenvalue weighted by molar-refractivity contribution is 6.01. The van der Waals surface area contributed by atoms with Gasteiger partial charge in [-0.2, -0.15) is 0 Å². The summed E-state index contributed by atoms with van der Waals surface area (Å²) in [5.74, 6) is -1.01. The molecule has 3 aromatic rings. The number of ketones is 1. The van der Waals surface area contributed by atoms with Crippen molar-refractivity contribution in [3.8, 4) is 11.5 Å². The molecule has 0 spiro atoms. The zero-order valence-corrected chi connectivity index (χ0v) is 18.9. The minimum atomic E-state index is -0.667. The highest BCUT2D eigenvalue weighted by Crippen LogP contribution is 2.29. The third-order valence-electron chi connectivity index (χ3n) is 5.83. The van der Waals surface area contributed by atoms with E-state index in [4.69, 9.17) is 9.47 Å². The van der Waals surface area contributed by atoms with Crippen LogP contribution in [0, 0.1) is 25.6 Å². The third kappa shape index (κ3) is 5.31. The number of anilines is 1. The first kappa shape index (κ1) is 23.2.